The van der Waals surface area contributed by atoms with Crippen LogP contribution in [-0.2, 0) is 16.6 Å². The summed E-state index contributed by atoms with van der Waals surface area (Å²) in [7, 11) is 5.64. The molecule has 2 aliphatic heterocycles. The van der Waals surface area contributed by atoms with Gasteiger partial charge in [0.05, 0.1) is 24.2 Å². The number of aliphatic hydroxyl groups is 1. The van der Waals surface area contributed by atoms with E-state index in [0.717, 1.165) is 40.0 Å². The minimum absolute atomic E-state index is 0.0401. The number of piperidine rings is 1. The van der Waals surface area contributed by atoms with Crippen LogP contribution in [-0.4, -0.2) is 72.4 Å². The fraction of sp³-hybridized carbons (Fsp3) is 0.500. The molecule has 1 saturated heterocycles. The number of carbonyl (C=O) groups is 1. The molecule has 0 radical (unpaired) electrons. The van der Waals surface area contributed by atoms with Crippen molar-refractivity contribution in [2.45, 2.75) is 54.9 Å². The first-order chi connectivity index (χ1) is 16.3. The molecule has 180 valence electrons. The predicted octanol–water partition coefficient (Wildman–Crippen LogP) is 3.84. The Balaban J connectivity index is 1.40. The Bertz CT molecular complexity index is 1200. The molecule has 8 heteroatoms. The highest BCUT2D eigenvalue weighted by Crippen LogP contribution is 2.65. The van der Waals surface area contributed by atoms with Gasteiger partial charge in [0.15, 0.2) is 11.5 Å². The van der Waals surface area contributed by atoms with E-state index in [0.29, 0.717) is 18.6 Å². The summed E-state index contributed by atoms with van der Waals surface area (Å²) in [5.41, 5.74) is 0.918. The fourth-order valence-corrected chi connectivity index (χ4v) is 8.46. The van der Waals surface area contributed by atoms with Crippen molar-refractivity contribution in [3.8, 4) is 11.5 Å². The van der Waals surface area contributed by atoms with Crippen molar-refractivity contribution in [1.29, 1.82) is 0 Å². The Morgan fingerprint density at radius 2 is 2.24 bits per heavy atom. The Morgan fingerprint density at radius 3 is 2.97 bits per heavy atom. The summed E-state index contributed by atoms with van der Waals surface area (Å²) in [6.45, 7) is 0.889. The van der Waals surface area contributed by atoms with Crippen LogP contribution in [0.25, 0.3) is 6.08 Å². The number of ether oxygens (including phenoxy) is 2. The van der Waals surface area contributed by atoms with Gasteiger partial charge >= 0.3 is 0 Å². The lowest BCUT2D eigenvalue weighted by Gasteiger charge is -2.64. The summed E-state index contributed by atoms with van der Waals surface area (Å²) in [5, 5.41) is 14.4. The molecule has 2 bridgehead atoms. The summed E-state index contributed by atoms with van der Waals surface area (Å²) in [4.78, 5) is 18.4. The second kappa shape index (κ2) is 7.82. The first kappa shape index (κ1) is 22.6. The lowest BCUT2D eigenvalue weighted by molar-refractivity contribution is -0.195. The lowest BCUT2D eigenvalue weighted by Crippen LogP contribution is -2.77. The number of rotatable bonds is 4. The maximum atomic E-state index is 13.3. The van der Waals surface area contributed by atoms with Gasteiger partial charge in [-0.25, -0.2) is 0 Å². The number of nitrogens with zero attached hydrogens (tertiary/aromatic N) is 2. The molecule has 1 aromatic heterocycles. The van der Waals surface area contributed by atoms with Gasteiger partial charge in [-0.3, -0.25) is 4.79 Å². The number of benzene rings is 1. The third-order valence-electron chi connectivity index (χ3n) is 8.73. The first-order valence-corrected chi connectivity index (χ1v) is 13.5. The number of hydrogen-bond donors (Lipinski definition) is 1. The van der Waals surface area contributed by atoms with E-state index >= 15 is 0 Å². The van der Waals surface area contributed by atoms with Crippen molar-refractivity contribution in [2.75, 3.05) is 27.7 Å². The van der Waals surface area contributed by atoms with Crippen LogP contribution < -0.4 is 9.47 Å². The van der Waals surface area contributed by atoms with Gasteiger partial charge in [0.1, 0.15) is 6.10 Å². The van der Waals surface area contributed by atoms with Gasteiger partial charge in [-0.15, -0.1) is 11.3 Å². The molecule has 1 saturated carbocycles. The number of halogens is 1. The molecule has 0 unspecified atom stereocenters. The number of amides is 1. The number of hydrogen-bond acceptors (Lipinski definition) is 6. The lowest BCUT2D eigenvalue weighted by atomic mass is 9.48. The van der Waals surface area contributed by atoms with Gasteiger partial charge in [-0.2, -0.15) is 0 Å². The Hall–Kier alpha value is -1.87. The maximum absolute atomic E-state index is 13.3. The van der Waals surface area contributed by atoms with Gasteiger partial charge < -0.3 is 24.4 Å². The zero-order valence-corrected chi connectivity index (χ0v) is 22.0. The van der Waals surface area contributed by atoms with Gasteiger partial charge in [0.25, 0.3) is 0 Å². The van der Waals surface area contributed by atoms with Gasteiger partial charge in [0, 0.05) is 39.5 Å². The number of methoxy groups -OCH3 is 1. The van der Waals surface area contributed by atoms with Crippen LogP contribution in [0.5, 0.6) is 11.5 Å². The minimum Gasteiger partial charge on any atom is -0.493 e. The summed E-state index contributed by atoms with van der Waals surface area (Å²) in [6, 6.07) is 6.02. The topological polar surface area (TPSA) is 62.2 Å². The third-order valence-corrected chi connectivity index (χ3v) is 10.4. The maximum Gasteiger partial charge on any atom is 0.246 e. The van der Waals surface area contributed by atoms with E-state index in [-0.39, 0.29) is 24.1 Å². The molecular weight excluding hydrogens is 516 g/mol. The Morgan fingerprint density at radius 1 is 1.41 bits per heavy atom. The van der Waals surface area contributed by atoms with Crippen molar-refractivity contribution >= 4 is 39.2 Å². The van der Waals surface area contributed by atoms with Crippen LogP contribution in [0.4, 0.5) is 0 Å². The molecular formula is C26H29BrN2O4S. The van der Waals surface area contributed by atoms with E-state index < -0.39 is 11.0 Å². The molecule has 1 N–H and O–H groups in total. The summed E-state index contributed by atoms with van der Waals surface area (Å²) >= 11 is 5.05. The van der Waals surface area contributed by atoms with E-state index in [9.17, 15) is 9.90 Å². The van der Waals surface area contributed by atoms with Crippen LogP contribution in [0.2, 0.25) is 0 Å². The zero-order valence-electron chi connectivity index (χ0n) is 19.6. The minimum atomic E-state index is -0.894. The monoisotopic (exact) mass is 544 g/mol. The Labute approximate surface area is 212 Å². The van der Waals surface area contributed by atoms with Crippen LogP contribution in [0.1, 0.15) is 35.3 Å². The van der Waals surface area contributed by atoms with E-state index in [1.807, 2.05) is 35.5 Å². The molecule has 1 aromatic carbocycles. The molecule has 6 nitrogen and oxygen atoms in total. The zero-order chi connectivity index (χ0) is 23.8. The van der Waals surface area contributed by atoms with E-state index in [4.69, 9.17) is 9.47 Å². The predicted molar refractivity (Wildman–Crippen MR) is 136 cm³/mol. The number of thiophene rings is 1. The van der Waals surface area contributed by atoms with Crippen molar-refractivity contribution in [3.63, 3.8) is 0 Å². The standard InChI is InChI=1S/C26H29BrN2O4S/c1-28-11-10-25-22-15-4-6-19(32-3)23(22)33-24(25)18(8-9-26(25,31)20(28)12-15)29(2)21(30)7-5-17-13-16(27)14-34-17/h4-7,13-14,18,20,24,31H,8-12H2,1-3H3/b7-5+/t18-,20+,24-,25-,26+/m0/s1. The van der Waals surface area contributed by atoms with Gasteiger partial charge in [0.2, 0.25) is 5.91 Å². The highest BCUT2D eigenvalue weighted by Gasteiger charge is 2.73. The number of likely N-dealkylation sites (N-methyl/N-ethyl adjacent to an activating group) is 2. The molecule has 6 rings (SSSR count). The summed E-state index contributed by atoms with van der Waals surface area (Å²) in [6.07, 6.45) is 6.13. The van der Waals surface area contributed by atoms with Crippen LogP contribution in [0.15, 0.2) is 34.1 Å². The average Bonchev–Trinajstić information content (AvgIpc) is 3.40. The molecule has 2 aliphatic carbocycles. The van der Waals surface area contributed by atoms with Crippen molar-refractivity contribution in [3.05, 3.63) is 50.1 Å². The molecule has 1 amide bonds. The first-order valence-electron chi connectivity index (χ1n) is 11.8. The summed E-state index contributed by atoms with van der Waals surface area (Å²) < 4.78 is 13.4. The highest BCUT2D eigenvalue weighted by molar-refractivity contribution is 9.10. The normalized spacial score (nSPS) is 33.5. The van der Waals surface area contributed by atoms with Crippen LogP contribution >= 0.6 is 27.3 Å². The van der Waals surface area contributed by atoms with E-state index in [1.165, 1.54) is 5.56 Å². The molecule has 34 heavy (non-hydrogen) atoms. The van der Waals surface area contributed by atoms with Crippen LogP contribution in [0, 0.1) is 0 Å². The van der Waals surface area contributed by atoms with Crippen molar-refractivity contribution < 1.29 is 19.4 Å². The average molecular weight is 545 g/mol. The molecule has 4 aliphatic rings. The SMILES string of the molecule is COc1ccc2c3c1O[C@H]1[C@@H](N(C)C(=O)/C=C/c4cc(Br)cs4)CC[C@@]4(O)[C@@H](C2)N(C)CC[C@]314. The largest absolute Gasteiger partial charge is 0.493 e. The fourth-order valence-electron chi connectivity index (χ4n) is 7.12. The number of carbonyl (C=O) groups excluding carboxylic acids is 1. The summed E-state index contributed by atoms with van der Waals surface area (Å²) in [5.74, 6) is 1.42. The number of likely N-dealkylation sites (tertiary alicyclic amines) is 1. The van der Waals surface area contributed by atoms with Crippen LogP contribution in [0.3, 0.4) is 0 Å². The van der Waals surface area contributed by atoms with E-state index in [2.05, 4.69) is 33.9 Å². The second-order valence-corrected chi connectivity index (χ2v) is 11.9. The van der Waals surface area contributed by atoms with Crippen molar-refractivity contribution in [2.24, 2.45) is 0 Å². The van der Waals surface area contributed by atoms with Crippen molar-refractivity contribution in [1.82, 2.24) is 9.80 Å². The van der Waals surface area contributed by atoms with E-state index in [1.54, 1.807) is 24.5 Å². The van der Waals surface area contributed by atoms with Gasteiger partial charge in [-0.1, -0.05) is 6.07 Å². The third kappa shape index (κ3) is 2.89. The van der Waals surface area contributed by atoms with Gasteiger partial charge in [-0.05, 0) is 79.0 Å². The quantitative estimate of drug-likeness (QED) is 0.592. The molecule has 3 heterocycles. The molecule has 2 aromatic rings. The second-order valence-electron chi connectivity index (χ2n) is 10.1. The molecule has 1 spiro atoms. The Kier molecular flexibility index (Phi) is 5.19. The smallest absolute Gasteiger partial charge is 0.246 e. The molecule has 5 atom stereocenters. The highest BCUT2D eigenvalue weighted by atomic mass is 79.9. The molecule has 2 fully saturated rings.